The molecule has 0 radical (unpaired) electrons. The largest absolute Gasteiger partial charge is 0.485 e. The minimum absolute atomic E-state index is 0.120. The van der Waals surface area contributed by atoms with E-state index in [1.807, 2.05) is 0 Å². The van der Waals surface area contributed by atoms with E-state index in [4.69, 9.17) is 32.7 Å². The van der Waals surface area contributed by atoms with E-state index in [9.17, 15) is 0 Å². The van der Waals surface area contributed by atoms with E-state index in [1.165, 1.54) is 0 Å². The Kier molecular flexibility index (Phi) is 2.58. The van der Waals surface area contributed by atoms with Crippen molar-refractivity contribution in [3.63, 3.8) is 0 Å². The minimum Gasteiger partial charge on any atom is -0.485 e. The summed E-state index contributed by atoms with van der Waals surface area (Å²) in [6, 6.07) is 3.26. The number of hydrogen-bond acceptors (Lipinski definition) is 3. The average molecular weight is 220 g/mol. The first-order chi connectivity index (χ1) is 6.24. The lowest BCUT2D eigenvalue weighted by molar-refractivity contribution is -0.0797. The number of halogens is 2. The van der Waals surface area contributed by atoms with Gasteiger partial charge >= 0.3 is 0 Å². The van der Waals surface area contributed by atoms with Gasteiger partial charge in [-0.3, -0.25) is 0 Å². The molecule has 0 unspecified atom stereocenters. The summed E-state index contributed by atoms with van der Waals surface area (Å²) in [7, 11) is 0. The van der Waals surface area contributed by atoms with Gasteiger partial charge in [-0.2, -0.15) is 0 Å². The summed E-state index contributed by atoms with van der Waals surface area (Å²) >= 11 is 11.4. The average Bonchev–Trinajstić information content (AvgIpc) is 1.95. The third-order valence-electron chi connectivity index (χ3n) is 1.65. The van der Waals surface area contributed by atoms with Crippen LogP contribution in [0, 0.1) is 0 Å². The van der Waals surface area contributed by atoms with Crippen molar-refractivity contribution in [2.24, 2.45) is 0 Å². The molecular weight excluding hydrogens is 213 g/mol. The first-order valence-corrected chi connectivity index (χ1v) is 4.57. The Bertz CT molecular complexity index is 295. The van der Waals surface area contributed by atoms with Gasteiger partial charge in [-0.15, -0.1) is 0 Å². The second kappa shape index (κ2) is 3.70. The van der Waals surface area contributed by atoms with Crippen LogP contribution in [0.3, 0.4) is 0 Å². The fourth-order valence-electron chi connectivity index (χ4n) is 0.986. The molecule has 2 rings (SSSR count). The lowest BCUT2D eigenvalue weighted by Crippen LogP contribution is -2.38. The van der Waals surface area contributed by atoms with Crippen LogP contribution >= 0.6 is 23.2 Å². The first-order valence-electron chi connectivity index (χ1n) is 3.81. The van der Waals surface area contributed by atoms with Crippen LogP contribution < -0.4 is 4.74 Å². The maximum atomic E-state index is 5.69. The van der Waals surface area contributed by atoms with Gasteiger partial charge in [-0.05, 0) is 0 Å². The van der Waals surface area contributed by atoms with Crippen molar-refractivity contribution in [3.05, 3.63) is 22.4 Å². The van der Waals surface area contributed by atoms with E-state index in [2.05, 4.69) is 4.98 Å². The lowest BCUT2D eigenvalue weighted by Gasteiger charge is -2.26. The number of hydrogen-bond donors (Lipinski definition) is 0. The predicted octanol–water partition coefficient (Wildman–Crippen LogP) is 2.17. The van der Waals surface area contributed by atoms with Gasteiger partial charge in [0.15, 0.2) is 0 Å². The fraction of sp³-hybridized carbons (Fsp3) is 0.375. The summed E-state index contributed by atoms with van der Waals surface area (Å²) in [4.78, 5) is 3.81. The molecule has 0 amide bonds. The minimum atomic E-state index is 0.120. The molecule has 0 atom stereocenters. The molecule has 1 saturated heterocycles. The monoisotopic (exact) mass is 219 g/mol. The summed E-state index contributed by atoms with van der Waals surface area (Å²) in [5.41, 5.74) is 0. The van der Waals surface area contributed by atoms with Gasteiger partial charge in [-0.1, -0.05) is 23.2 Å². The van der Waals surface area contributed by atoms with Crippen LogP contribution in [0.5, 0.6) is 5.75 Å². The fourth-order valence-corrected chi connectivity index (χ4v) is 1.43. The molecule has 0 saturated carbocycles. The molecule has 1 aliphatic heterocycles. The zero-order valence-corrected chi connectivity index (χ0v) is 8.18. The molecule has 1 aromatic rings. The highest BCUT2D eigenvalue weighted by atomic mass is 35.5. The molecule has 1 aromatic heterocycles. The highest BCUT2D eigenvalue weighted by Gasteiger charge is 2.20. The molecule has 5 heteroatoms. The third kappa shape index (κ3) is 2.24. The topological polar surface area (TPSA) is 31.4 Å². The third-order valence-corrected chi connectivity index (χ3v) is 2.03. The zero-order valence-electron chi connectivity index (χ0n) is 6.67. The molecule has 0 aromatic carbocycles. The van der Waals surface area contributed by atoms with Gasteiger partial charge in [0.25, 0.3) is 0 Å². The maximum absolute atomic E-state index is 5.69. The van der Waals surface area contributed by atoms with Crippen molar-refractivity contribution >= 4 is 23.2 Å². The predicted molar refractivity (Wildman–Crippen MR) is 49.5 cm³/mol. The van der Waals surface area contributed by atoms with E-state index in [1.54, 1.807) is 12.1 Å². The van der Waals surface area contributed by atoms with Gasteiger partial charge in [0.1, 0.15) is 22.2 Å². The van der Waals surface area contributed by atoms with Crippen molar-refractivity contribution in [2.45, 2.75) is 6.10 Å². The van der Waals surface area contributed by atoms with E-state index in [-0.39, 0.29) is 6.10 Å². The molecule has 0 spiro atoms. The molecule has 1 fully saturated rings. The highest BCUT2D eigenvalue weighted by Crippen LogP contribution is 2.22. The standard InChI is InChI=1S/C8H7Cl2NO2/c9-7-1-5(2-8(10)11-7)13-6-3-12-4-6/h1-2,6H,3-4H2. The quantitative estimate of drug-likeness (QED) is 0.715. The van der Waals surface area contributed by atoms with Crippen LogP contribution in [-0.2, 0) is 4.74 Å². The Balaban J connectivity index is 2.10. The molecule has 0 bridgehead atoms. The van der Waals surface area contributed by atoms with Crippen molar-refractivity contribution < 1.29 is 9.47 Å². The number of rotatable bonds is 2. The molecule has 3 nitrogen and oxygen atoms in total. The summed E-state index contributed by atoms with van der Waals surface area (Å²) in [5.74, 6) is 0.637. The van der Waals surface area contributed by atoms with E-state index in [0.717, 1.165) is 0 Å². The first kappa shape index (κ1) is 9.06. The Morgan fingerprint density at radius 3 is 2.38 bits per heavy atom. The molecule has 13 heavy (non-hydrogen) atoms. The summed E-state index contributed by atoms with van der Waals surface area (Å²) in [6.07, 6.45) is 0.120. The van der Waals surface area contributed by atoms with Gasteiger partial charge in [0.05, 0.1) is 13.2 Å². The smallest absolute Gasteiger partial charge is 0.145 e. The Morgan fingerprint density at radius 1 is 1.31 bits per heavy atom. The lowest BCUT2D eigenvalue weighted by atomic mass is 10.3. The number of ether oxygens (including phenoxy) is 2. The summed E-state index contributed by atoms with van der Waals surface area (Å²) in [6.45, 7) is 1.25. The number of pyridine rings is 1. The van der Waals surface area contributed by atoms with Crippen LogP contribution in [0.4, 0.5) is 0 Å². The SMILES string of the molecule is Clc1cc(OC2COC2)cc(Cl)n1. The Hall–Kier alpha value is -0.510. The van der Waals surface area contributed by atoms with E-state index >= 15 is 0 Å². The van der Waals surface area contributed by atoms with E-state index in [0.29, 0.717) is 29.3 Å². The Morgan fingerprint density at radius 2 is 1.92 bits per heavy atom. The van der Waals surface area contributed by atoms with Crippen molar-refractivity contribution in [1.82, 2.24) is 4.98 Å². The van der Waals surface area contributed by atoms with Crippen molar-refractivity contribution in [3.8, 4) is 5.75 Å². The zero-order chi connectivity index (χ0) is 9.26. The molecule has 0 N–H and O–H groups in total. The normalized spacial score (nSPS) is 16.8. The molecule has 70 valence electrons. The second-order valence-corrected chi connectivity index (χ2v) is 3.50. The molecule has 2 heterocycles. The van der Waals surface area contributed by atoms with Gasteiger partial charge in [0.2, 0.25) is 0 Å². The molecular formula is C8H7Cl2NO2. The molecule has 1 aliphatic rings. The van der Waals surface area contributed by atoms with Crippen LogP contribution in [0.1, 0.15) is 0 Å². The highest BCUT2D eigenvalue weighted by molar-refractivity contribution is 6.32. The molecule has 0 aliphatic carbocycles. The van der Waals surface area contributed by atoms with Gasteiger partial charge < -0.3 is 9.47 Å². The van der Waals surface area contributed by atoms with Crippen LogP contribution in [-0.4, -0.2) is 24.3 Å². The van der Waals surface area contributed by atoms with Crippen LogP contribution in [0.15, 0.2) is 12.1 Å². The van der Waals surface area contributed by atoms with Crippen LogP contribution in [0.25, 0.3) is 0 Å². The van der Waals surface area contributed by atoms with Crippen LogP contribution in [0.2, 0.25) is 10.3 Å². The van der Waals surface area contributed by atoms with E-state index < -0.39 is 0 Å². The number of aromatic nitrogens is 1. The van der Waals surface area contributed by atoms with Crippen molar-refractivity contribution in [1.29, 1.82) is 0 Å². The van der Waals surface area contributed by atoms with Gasteiger partial charge in [-0.25, -0.2) is 4.98 Å². The second-order valence-electron chi connectivity index (χ2n) is 2.73. The maximum Gasteiger partial charge on any atom is 0.145 e. The number of nitrogens with zero attached hydrogens (tertiary/aromatic N) is 1. The summed E-state index contributed by atoms with van der Waals surface area (Å²) < 4.78 is 10.4. The Labute approximate surface area is 85.6 Å². The van der Waals surface area contributed by atoms with Crippen molar-refractivity contribution in [2.75, 3.05) is 13.2 Å². The summed E-state index contributed by atoms with van der Waals surface area (Å²) in [5, 5.41) is 0.672. The van der Waals surface area contributed by atoms with Gasteiger partial charge in [0, 0.05) is 12.1 Å².